The summed E-state index contributed by atoms with van der Waals surface area (Å²) in [4.78, 5) is 10.3. The lowest BCUT2D eigenvalue weighted by molar-refractivity contribution is 0.0372. The van der Waals surface area contributed by atoms with Crippen LogP contribution in [0.4, 0.5) is 4.79 Å². The molecule has 13 heavy (non-hydrogen) atoms. The fraction of sp³-hybridized carbons (Fsp3) is 0.333. The van der Waals surface area contributed by atoms with E-state index in [1.54, 1.807) is 24.3 Å². The van der Waals surface area contributed by atoms with Gasteiger partial charge in [-0.05, 0) is 18.6 Å². The third-order valence-corrected chi connectivity index (χ3v) is 1.70. The lowest BCUT2D eigenvalue weighted by Crippen LogP contribution is -2.30. The van der Waals surface area contributed by atoms with E-state index in [1.165, 1.54) is 0 Å². The normalized spacial score (nSPS) is 17.8. The predicted octanol–water partition coefficient (Wildman–Crippen LogP) is 1.85. The molecule has 0 heterocycles. The van der Waals surface area contributed by atoms with Crippen molar-refractivity contribution in [2.75, 3.05) is 0 Å². The molecular weight excluding hydrogens is 170 g/mol. The van der Waals surface area contributed by atoms with Crippen LogP contribution in [0.5, 0.6) is 0 Å². The van der Waals surface area contributed by atoms with Crippen LogP contribution in [0.3, 0.4) is 0 Å². The Bertz CT molecular complexity index is 286. The van der Waals surface area contributed by atoms with E-state index in [4.69, 9.17) is 10.4 Å². The van der Waals surface area contributed by atoms with E-state index < -0.39 is 11.8 Å². The molecule has 0 radical (unpaired) electrons. The maximum absolute atomic E-state index is 10.3. The molecule has 0 aliphatic heterocycles. The maximum Gasteiger partial charge on any atom is 0.507 e. The van der Waals surface area contributed by atoms with Gasteiger partial charge in [-0.1, -0.05) is 12.2 Å². The molecule has 4 heteroatoms. The Kier molecular flexibility index (Phi) is 2.70. The van der Waals surface area contributed by atoms with Gasteiger partial charge in [0.2, 0.25) is 0 Å². The first kappa shape index (κ1) is 9.33. The first-order valence-corrected chi connectivity index (χ1v) is 3.83. The molecule has 1 N–H and O–H groups in total. The van der Waals surface area contributed by atoms with E-state index >= 15 is 0 Å². The van der Waals surface area contributed by atoms with Crippen LogP contribution in [-0.4, -0.2) is 16.9 Å². The van der Waals surface area contributed by atoms with E-state index in [1.807, 2.05) is 6.07 Å². The largest absolute Gasteiger partial charge is 0.507 e. The van der Waals surface area contributed by atoms with Gasteiger partial charge in [-0.25, -0.2) is 4.79 Å². The lowest BCUT2D eigenvalue weighted by atomic mass is 9.95. The number of rotatable bonds is 2. The fourth-order valence-corrected chi connectivity index (χ4v) is 1.18. The van der Waals surface area contributed by atoms with Gasteiger partial charge in [0.25, 0.3) is 0 Å². The van der Waals surface area contributed by atoms with Gasteiger partial charge in [0.1, 0.15) is 0 Å². The molecule has 0 aromatic heterocycles. The number of hydrogen-bond donors (Lipinski definition) is 1. The Balaban J connectivity index is 2.81. The Morgan fingerprint density at radius 3 is 2.69 bits per heavy atom. The zero-order valence-electron chi connectivity index (χ0n) is 6.93. The first-order chi connectivity index (χ1) is 6.18. The number of carboxylic acid groups (broad SMARTS) is 1. The van der Waals surface area contributed by atoms with Crippen molar-refractivity contribution in [3.63, 3.8) is 0 Å². The molecule has 1 rings (SSSR count). The Hall–Kier alpha value is -1.76. The summed E-state index contributed by atoms with van der Waals surface area (Å²) in [5.41, 5.74) is -1.07. The average Bonchev–Trinajstić information content (AvgIpc) is 2.04. The SMILES string of the molecule is N#CCC1(OC(=O)O)C=CCC=C1. The number of nitrogens with zero attached hydrogens (tertiary/aromatic N) is 1. The number of nitriles is 1. The zero-order chi connectivity index (χ0) is 9.73. The van der Waals surface area contributed by atoms with Gasteiger partial charge < -0.3 is 9.84 Å². The van der Waals surface area contributed by atoms with Gasteiger partial charge >= 0.3 is 6.16 Å². The van der Waals surface area contributed by atoms with Crippen molar-refractivity contribution in [2.45, 2.75) is 18.4 Å². The highest BCUT2D eigenvalue weighted by atomic mass is 16.7. The molecule has 68 valence electrons. The van der Waals surface area contributed by atoms with Crippen molar-refractivity contribution >= 4 is 6.16 Å². The van der Waals surface area contributed by atoms with E-state index in [9.17, 15) is 4.79 Å². The summed E-state index contributed by atoms with van der Waals surface area (Å²) in [6.45, 7) is 0. The molecule has 0 atom stereocenters. The van der Waals surface area contributed by atoms with Crippen LogP contribution in [0.1, 0.15) is 12.8 Å². The minimum Gasteiger partial charge on any atom is -0.450 e. The maximum atomic E-state index is 10.3. The van der Waals surface area contributed by atoms with Crippen molar-refractivity contribution < 1.29 is 14.6 Å². The molecule has 0 aromatic carbocycles. The third kappa shape index (κ3) is 2.34. The van der Waals surface area contributed by atoms with Crippen molar-refractivity contribution in [1.82, 2.24) is 0 Å². The molecule has 0 aromatic rings. The van der Waals surface area contributed by atoms with Gasteiger partial charge in [-0.3, -0.25) is 0 Å². The second kappa shape index (κ2) is 3.76. The number of hydrogen-bond acceptors (Lipinski definition) is 3. The van der Waals surface area contributed by atoms with Crippen LogP contribution < -0.4 is 0 Å². The van der Waals surface area contributed by atoms with Crippen molar-refractivity contribution in [1.29, 1.82) is 5.26 Å². The second-order valence-corrected chi connectivity index (χ2v) is 2.70. The number of allylic oxidation sites excluding steroid dienone is 2. The van der Waals surface area contributed by atoms with Crippen molar-refractivity contribution in [2.24, 2.45) is 0 Å². The highest BCUT2D eigenvalue weighted by Gasteiger charge is 2.29. The van der Waals surface area contributed by atoms with Gasteiger partial charge in [-0.2, -0.15) is 5.26 Å². The summed E-state index contributed by atoms with van der Waals surface area (Å²) in [5, 5.41) is 17.0. The molecule has 0 saturated carbocycles. The van der Waals surface area contributed by atoms with E-state index in [0.29, 0.717) is 0 Å². The van der Waals surface area contributed by atoms with Crippen molar-refractivity contribution in [3.8, 4) is 6.07 Å². The van der Waals surface area contributed by atoms with Crippen LogP contribution >= 0.6 is 0 Å². The third-order valence-electron chi connectivity index (χ3n) is 1.70. The van der Waals surface area contributed by atoms with E-state index in [-0.39, 0.29) is 6.42 Å². The van der Waals surface area contributed by atoms with Crippen LogP contribution in [0.2, 0.25) is 0 Å². The van der Waals surface area contributed by atoms with E-state index in [0.717, 1.165) is 6.42 Å². The first-order valence-electron chi connectivity index (χ1n) is 3.83. The van der Waals surface area contributed by atoms with Gasteiger partial charge in [0, 0.05) is 0 Å². The fourth-order valence-electron chi connectivity index (χ4n) is 1.18. The topological polar surface area (TPSA) is 70.3 Å². The minimum atomic E-state index is -1.37. The molecule has 0 saturated heterocycles. The second-order valence-electron chi connectivity index (χ2n) is 2.70. The highest BCUT2D eigenvalue weighted by Crippen LogP contribution is 2.23. The smallest absolute Gasteiger partial charge is 0.450 e. The summed E-state index contributed by atoms with van der Waals surface area (Å²) in [6, 6.07) is 1.89. The Labute approximate surface area is 75.7 Å². The molecule has 0 amide bonds. The average molecular weight is 179 g/mol. The Morgan fingerprint density at radius 1 is 1.62 bits per heavy atom. The minimum absolute atomic E-state index is 0.00625. The molecule has 0 spiro atoms. The van der Waals surface area contributed by atoms with Gasteiger partial charge in [0.05, 0.1) is 12.5 Å². The molecular formula is C9H9NO3. The number of ether oxygens (including phenoxy) is 1. The molecule has 0 bridgehead atoms. The van der Waals surface area contributed by atoms with Crippen LogP contribution in [0.25, 0.3) is 0 Å². The van der Waals surface area contributed by atoms with Crippen molar-refractivity contribution in [3.05, 3.63) is 24.3 Å². The van der Waals surface area contributed by atoms with Crippen LogP contribution in [-0.2, 0) is 4.74 Å². The molecule has 1 aliphatic carbocycles. The number of carbonyl (C=O) groups is 1. The van der Waals surface area contributed by atoms with Crippen LogP contribution in [0.15, 0.2) is 24.3 Å². The summed E-state index contributed by atoms with van der Waals surface area (Å²) in [7, 11) is 0. The summed E-state index contributed by atoms with van der Waals surface area (Å²) in [5.74, 6) is 0. The summed E-state index contributed by atoms with van der Waals surface area (Å²) < 4.78 is 4.64. The highest BCUT2D eigenvalue weighted by molar-refractivity contribution is 5.58. The zero-order valence-corrected chi connectivity index (χ0v) is 6.93. The predicted molar refractivity (Wildman–Crippen MR) is 45.0 cm³/mol. The van der Waals surface area contributed by atoms with Gasteiger partial charge in [0.15, 0.2) is 5.60 Å². The lowest BCUT2D eigenvalue weighted by Gasteiger charge is -2.24. The summed E-state index contributed by atoms with van der Waals surface area (Å²) >= 11 is 0. The van der Waals surface area contributed by atoms with Gasteiger partial charge in [-0.15, -0.1) is 0 Å². The standard InChI is InChI=1S/C9H9NO3/c10-7-6-9(13-8(11)12)4-2-1-3-5-9/h2-5H,1,6H2,(H,11,12). The Morgan fingerprint density at radius 2 is 2.23 bits per heavy atom. The molecule has 0 fully saturated rings. The molecule has 0 unspecified atom stereocenters. The van der Waals surface area contributed by atoms with Crippen LogP contribution in [0, 0.1) is 11.3 Å². The molecule has 1 aliphatic rings. The summed E-state index contributed by atoms with van der Waals surface area (Å²) in [6.07, 6.45) is 6.14. The van der Waals surface area contributed by atoms with E-state index in [2.05, 4.69) is 4.74 Å². The monoisotopic (exact) mass is 179 g/mol. The molecule has 4 nitrogen and oxygen atoms in total. The quantitative estimate of drug-likeness (QED) is 0.518.